The Labute approximate surface area is 171 Å². The number of nitro groups is 1. The fourth-order valence-electron chi connectivity index (χ4n) is 4.31. The predicted octanol–water partition coefficient (Wildman–Crippen LogP) is 4.66. The normalized spacial score (nSPS) is 21.0. The maximum Gasteiger partial charge on any atom is 0.335 e. The molecule has 1 aromatic heterocycles. The van der Waals surface area contributed by atoms with E-state index in [0.717, 1.165) is 5.56 Å². The molecule has 1 aliphatic carbocycles. The van der Waals surface area contributed by atoms with Crippen molar-refractivity contribution in [3.8, 4) is 5.75 Å². The second-order valence-corrected chi connectivity index (χ2v) is 7.34. The first-order valence-corrected chi connectivity index (χ1v) is 9.43. The lowest BCUT2D eigenvalue weighted by molar-refractivity contribution is -0.386. The van der Waals surface area contributed by atoms with Crippen LogP contribution in [0.3, 0.4) is 0 Å². The number of halogens is 1. The van der Waals surface area contributed by atoms with Crippen LogP contribution in [-0.4, -0.2) is 23.0 Å². The van der Waals surface area contributed by atoms with Crippen LogP contribution in [0.4, 0.5) is 10.1 Å². The molecule has 0 N–H and O–H groups in total. The van der Waals surface area contributed by atoms with Gasteiger partial charge in [-0.2, -0.15) is 0 Å². The van der Waals surface area contributed by atoms with Crippen molar-refractivity contribution < 1.29 is 23.4 Å². The van der Waals surface area contributed by atoms with Crippen molar-refractivity contribution in [2.75, 3.05) is 7.11 Å². The number of methoxy groups -OCH3 is 1. The summed E-state index contributed by atoms with van der Waals surface area (Å²) in [7, 11) is 1.57. The molecule has 0 spiro atoms. The predicted molar refractivity (Wildman–Crippen MR) is 105 cm³/mol. The quantitative estimate of drug-likeness (QED) is 0.448. The Balaban J connectivity index is 1.85. The Morgan fingerprint density at radius 2 is 1.77 bits per heavy atom. The number of aryl methyl sites for hydroxylation is 1. The average molecular weight is 410 g/mol. The van der Waals surface area contributed by atoms with E-state index in [1.165, 1.54) is 19.1 Å². The molecule has 0 saturated heterocycles. The lowest BCUT2D eigenvalue weighted by Crippen LogP contribution is -2.15. The number of hydrogen-bond acceptors (Lipinski definition) is 6. The average Bonchev–Trinajstić information content (AvgIpc) is 3.28. The molecule has 1 fully saturated rings. The van der Waals surface area contributed by atoms with Gasteiger partial charge >= 0.3 is 5.69 Å². The van der Waals surface area contributed by atoms with E-state index in [-0.39, 0.29) is 35.3 Å². The molecule has 1 heterocycles. The van der Waals surface area contributed by atoms with E-state index >= 15 is 0 Å². The Morgan fingerprint density at radius 3 is 2.37 bits per heavy atom. The molecular formula is C22H19FN2O5. The first-order valence-electron chi connectivity index (χ1n) is 9.43. The number of carbonyl (C=O) groups is 1. The highest BCUT2D eigenvalue weighted by Gasteiger charge is 2.49. The first-order chi connectivity index (χ1) is 14.4. The largest absolute Gasteiger partial charge is 0.497 e. The summed E-state index contributed by atoms with van der Waals surface area (Å²) in [5.74, 6) is -1.55. The molecule has 0 unspecified atom stereocenters. The number of rotatable bonds is 5. The summed E-state index contributed by atoms with van der Waals surface area (Å²) in [5, 5.41) is 15.3. The molecule has 3 atom stereocenters. The van der Waals surface area contributed by atoms with Crippen LogP contribution in [0, 0.1) is 22.9 Å². The third-order valence-electron chi connectivity index (χ3n) is 5.68. The van der Waals surface area contributed by atoms with Gasteiger partial charge in [-0.25, -0.2) is 4.39 Å². The summed E-state index contributed by atoms with van der Waals surface area (Å²) >= 11 is 0. The maximum atomic E-state index is 13.5. The van der Waals surface area contributed by atoms with Crippen LogP contribution in [-0.2, 0) is 4.79 Å². The molecule has 1 aliphatic rings. The van der Waals surface area contributed by atoms with Crippen molar-refractivity contribution in [1.29, 1.82) is 0 Å². The summed E-state index contributed by atoms with van der Waals surface area (Å²) in [6.07, 6.45) is 0.177. The van der Waals surface area contributed by atoms with E-state index in [9.17, 15) is 19.3 Å². The van der Waals surface area contributed by atoms with E-state index in [2.05, 4.69) is 5.16 Å². The standard InChI is InChI=1S/C22H19FN2O5/c1-12-21(25(27)28)22(30-24-12)20-18(26)11-17(13-5-9-16(29-2)10-6-13)19(20)14-3-7-15(23)8-4-14/h3-10,17,19-20H,11H2,1-2H3/t17-,19-,20-/m1/s1. The van der Waals surface area contributed by atoms with Crippen molar-refractivity contribution in [2.45, 2.75) is 31.1 Å². The van der Waals surface area contributed by atoms with E-state index in [1.54, 1.807) is 31.4 Å². The van der Waals surface area contributed by atoms with Gasteiger partial charge in [-0.1, -0.05) is 29.4 Å². The second kappa shape index (κ2) is 7.70. The van der Waals surface area contributed by atoms with Crippen LogP contribution < -0.4 is 4.74 Å². The minimum absolute atomic E-state index is 0.0483. The zero-order valence-corrected chi connectivity index (χ0v) is 16.4. The van der Waals surface area contributed by atoms with Gasteiger partial charge in [-0.15, -0.1) is 0 Å². The highest BCUT2D eigenvalue weighted by atomic mass is 19.1. The number of hydrogen-bond donors (Lipinski definition) is 0. The van der Waals surface area contributed by atoms with Crippen molar-refractivity contribution >= 4 is 11.5 Å². The fourth-order valence-corrected chi connectivity index (χ4v) is 4.31. The molecule has 0 bridgehead atoms. The topological polar surface area (TPSA) is 95.5 Å². The summed E-state index contributed by atoms with van der Waals surface area (Å²) in [6.45, 7) is 1.47. The van der Waals surface area contributed by atoms with E-state index in [1.807, 2.05) is 12.1 Å². The van der Waals surface area contributed by atoms with Gasteiger partial charge in [-0.3, -0.25) is 14.9 Å². The van der Waals surface area contributed by atoms with Crippen LogP contribution in [0.1, 0.15) is 46.8 Å². The zero-order chi connectivity index (χ0) is 21.4. The van der Waals surface area contributed by atoms with Crippen LogP contribution in [0.5, 0.6) is 5.75 Å². The van der Waals surface area contributed by atoms with Crippen LogP contribution in [0.2, 0.25) is 0 Å². The second-order valence-electron chi connectivity index (χ2n) is 7.34. The van der Waals surface area contributed by atoms with Gasteiger partial charge in [0.05, 0.1) is 18.0 Å². The molecule has 30 heavy (non-hydrogen) atoms. The zero-order valence-electron chi connectivity index (χ0n) is 16.4. The third kappa shape index (κ3) is 3.34. The Hall–Kier alpha value is -3.55. The SMILES string of the molecule is COc1ccc([C@H]2CC(=O)[C@@H](c3onc(C)c3[N+](=O)[O-])[C@@H]2c2ccc(F)cc2)cc1. The van der Waals surface area contributed by atoms with E-state index in [4.69, 9.17) is 9.26 Å². The molecule has 3 aromatic rings. The molecule has 0 radical (unpaired) electrons. The molecule has 0 aliphatic heterocycles. The Morgan fingerprint density at radius 1 is 1.13 bits per heavy atom. The fraction of sp³-hybridized carbons (Fsp3) is 0.273. The minimum atomic E-state index is -0.885. The number of Topliss-reactive ketones (excluding diaryl/α,β-unsaturated/α-hetero) is 1. The van der Waals surface area contributed by atoms with Crippen molar-refractivity contribution in [3.05, 3.63) is 87.0 Å². The van der Waals surface area contributed by atoms with Crippen molar-refractivity contribution in [2.24, 2.45) is 0 Å². The molecule has 1 saturated carbocycles. The van der Waals surface area contributed by atoms with Crippen LogP contribution >= 0.6 is 0 Å². The molecule has 4 rings (SSSR count). The smallest absolute Gasteiger partial charge is 0.335 e. The monoisotopic (exact) mass is 410 g/mol. The maximum absolute atomic E-state index is 13.5. The number of ether oxygens (including phenoxy) is 1. The van der Waals surface area contributed by atoms with Crippen LogP contribution in [0.15, 0.2) is 53.1 Å². The van der Waals surface area contributed by atoms with Gasteiger partial charge in [0.2, 0.25) is 5.76 Å². The Bertz CT molecular complexity index is 1090. The lowest BCUT2D eigenvalue weighted by atomic mass is 9.78. The highest BCUT2D eigenvalue weighted by Crippen LogP contribution is 2.54. The van der Waals surface area contributed by atoms with Crippen molar-refractivity contribution in [1.82, 2.24) is 5.16 Å². The number of benzene rings is 2. The summed E-state index contributed by atoms with van der Waals surface area (Å²) in [5.41, 5.74) is 1.43. The molecular weight excluding hydrogens is 391 g/mol. The van der Waals surface area contributed by atoms with Gasteiger partial charge in [-0.05, 0) is 48.2 Å². The first kappa shape index (κ1) is 19.8. The Kier molecular flexibility index (Phi) is 5.07. The lowest BCUT2D eigenvalue weighted by Gasteiger charge is -2.23. The minimum Gasteiger partial charge on any atom is -0.497 e. The van der Waals surface area contributed by atoms with Gasteiger partial charge in [0.1, 0.15) is 17.3 Å². The number of ketones is 1. The number of carbonyl (C=O) groups excluding carboxylic acids is 1. The summed E-state index contributed by atoms with van der Waals surface area (Å²) in [6, 6.07) is 13.2. The molecule has 2 aromatic carbocycles. The van der Waals surface area contributed by atoms with E-state index < -0.39 is 22.6 Å². The van der Waals surface area contributed by atoms with Gasteiger partial charge in [0.15, 0.2) is 5.69 Å². The molecule has 0 amide bonds. The molecule has 154 valence electrons. The van der Waals surface area contributed by atoms with E-state index in [0.29, 0.717) is 11.3 Å². The van der Waals surface area contributed by atoms with Gasteiger partial charge < -0.3 is 9.26 Å². The number of aromatic nitrogens is 1. The van der Waals surface area contributed by atoms with Crippen molar-refractivity contribution in [3.63, 3.8) is 0 Å². The molecule has 8 heteroatoms. The third-order valence-corrected chi connectivity index (χ3v) is 5.68. The van der Waals surface area contributed by atoms with Crippen LogP contribution in [0.25, 0.3) is 0 Å². The number of nitrogens with zero attached hydrogens (tertiary/aromatic N) is 2. The summed E-state index contributed by atoms with van der Waals surface area (Å²) in [4.78, 5) is 24.1. The molecule has 7 nitrogen and oxygen atoms in total. The van der Waals surface area contributed by atoms with Gasteiger partial charge in [0, 0.05) is 12.3 Å². The summed E-state index contributed by atoms with van der Waals surface area (Å²) < 4.78 is 24.1. The highest BCUT2D eigenvalue weighted by molar-refractivity contribution is 5.91. The van der Waals surface area contributed by atoms with Gasteiger partial charge in [0.25, 0.3) is 0 Å².